The van der Waals surface area contributed by atoms with Crippen LogP contribution in [0.5, 0.6) is 0 Å². The Balaban J connectivity index is 1.86. The number of nitrogens with two attached hydrogens (primary N) is 1. The van der Waals surface area contributed by atoms with Gasteiger partial charge in [0.05, 0.1) is 5.92 Å². The SMILES string of the molecule is CC(CN)c1noc(C2Cc3ccccc32)n1. The lowest BCUT2D eigenvalue weighted by Gasteiger charge is -2.26. The fourth-order valence-electron chi connectivity index (χ4n) is 2.17. The monoisotopic (exact) mass is 229 g/mol. The molecule has 2 atom stereocenters. The van der Waals surface area contributed by atoms with Crippen LogP contribution >= 0.6 is 0 Å². The summed E-state index contributed by atoms with van der Waals surface area (Å²) in [6.07, 6.45) is 0.995. The quantitative estimate of drug-likeness (QED) is 0.871. The van der Waals surface area contributed by atoms with E-state index in [0.29, 0.717) is 12.4 Å². The first kappa shape index (κ1) is 10.5. The van der Waals surface area contributed by atoms with Crippen molar-refractivity contribution in [2.45, 2.75) is 25.2 Å². The largest absolute Gasteiger partial charge is 0.339 e. The summed E-state index contributed by atoms with van der Waals surface area (Å²) in [7, 11) is 0. The van der Waals surface area contributed by atoms with Crippen molar-refractivity contribution >= 4 is 0 Å². The van der Waals surface area contributed by atoms with E-state index in [1.807, 2.05) is 13.0 Å². The van der Waals surface area contributed by atoms with Crippen LogP contribution in [0.2, 0.25) is 0 Å². The maximum absolute atomic E-state index is 5.59. The van der Waals surface area contributed by atoms with Crippen LogP contribution in [0.3, 0.4) is 0 Å². The van der Waals surface area contributed by atoms with E-state index in [4.69, 9.17) is 10.3 Å². The molecule has 0 amide bonds. The molecule has 1 aliphatic rings. The Morgan fingerprint density at radius 3 is 3.06 bits per heavy atom. The number of hydrogen-bond acceptors (Lipinski definition) is 4. The third kappa shape index (κ3) is 1.65. The second-order valence-electron chi connectivity index (χ2n) is 4.58. The summed E-state index contributed by atoms with van der Waals surface area (Å²) < 4.78 is 5.33. The summed E-state index contributed by atoms with van der Waals surface area (Å²) >= 11 is 0. The molecule has 3 rings (SSSR count). The number of aromatic nitrogens is 2. The summed E-state index contributed by atoms with van der Waals surface area (Å²) in [5, 5.41) is 4.00. The summed E-state index contributed by atoms with van der Waals surface area (Å²) in [6.45, 7) is 2.55. The topological polar surface area (TPSA) is 64.9 Å². The molecule has 2 unspecified atom stereocenters. The molecule has 0 saturated carbocycles. The van der Waals surface area contributed by atoms with Crippen molar-refractivity contribution in [1.82, 2.24) is 10.1 Å². The van der Waals surface area contributed by atoms with Gasteiger partial charge in [-0.3, -0.25) is 0 Å². The Hall–Kier alpha value is -1.68. The highest BCUT2D eigenvalue weighted by Crippen LogP contribution is 2.39. The van der Waals surface area contributed by atoms with Crippen molar-refractivity contribution in [1.29, 1.82) is 0 Å². The first-order valence-corrected chi connectivity index (χ1v) is 5.91. The molecule has 2 aromatic rings. The predicted molar refractivity (Wildman–Crippen MR) is 63.8 cm³/mol. The van der Waals surface area contributed by atoms with E-state index in [1.54, 1.807) is 0 Å². The second kappa shape index (κ2) is 3.96. The minimum Gasteiger partial charge on any atom is -0.339 e. The highest BCUT2D eigenvalue weighted by Gasteiger charge is 2.31. The number of fused-ring (bicyclic) bond motifs is 1. The summed E-state index contributed by atoms with van der Waals surface area (Å²) in [5.41, 5.74) is 8.28. The molecule has 17 heavy (non-hydrogen) atoms. The summed E-state index contributed by atoms with van der Waals surface area (Å²) in [4.78, 5) is 4.44. The molecule has 0 fully saturated rings. The average Bonchev–Trinajstić information content (AvgIpc) is 2.79. The van der Waals surface area contributed by atoms with Gasteiger partial charge in [-0.25, -0.2) is 0 Å². The van der Waals surface area contributed by atoms with E-state index >= 15 is 0 Å². The van der Waals surface area contributed by atoms with Crippen LogP contribution in [0.15, 0.2) is 28.8 Å². The van der Waals surface area contributed by atoms with Gasteiger partial charge < -0.3 is 10.3 Å². The summed E-state index contributed by atoms with van der Waals surface area (Å²) in [6, 6.07) is 8.38. The van der Waals surface area contributed by atoms with Gasteiger partial charge in [0.2, 0.25) is 5.89 Å². The molecule has 0 saturated heterocycles. The van der Waals surface area contributed by atoms with Gasteiger partial charge in [0.15, 0.2) is 5.82 Å². The average molecular weight is 229 g/mol. The number of benzene rings is 1. The van der Waals surface area contributed by atoms with Crippen LogP contribution in [0, 0.1) is 0 Å². The third-order valence-electron chi connectivity index (χ3n) is 3.40. The van der Waals surface area contributed by atoms with Gasteiger partial charge in [-0.2, -0.15) is 4.98 Å². The molecule has 1 aromatic heterocycles. The Morgan fingerprint density at radius 1 is 1.47 bits per heavy atom. The lowest BCUT2D eigenvalue weighted by molar-refractivity contribution is 0.350. The van der Waals surface area contributed by atoms with Crippen LogP contribution < -0.4 is 5.73 Å². The zero-order valence-corrected chi connectivity index (χ0v) is 9.76. The molecule has 4 heteroatoms. The van der Waals surface area contributed by atoms with Gasteiger partial charge in [0.25, 0.3) is 0 Å². The zero-order chi connectivity index (χ0) is 11.8. The Kier molecular flexibility index (Phi) is 2.44. The second-order valence-corrected chi connectivity index (χ2v) is 4.58. The molecule has 0 radical (unpaired) electrons. The Labute approximate surface area is 99.8 Å². The standard InChI is InChI=1S/C13H15N3O/c1-8(7-14)12-15-13(17-16-12)11-6-9-4-2-3-5-10(9)11/h2-5,8,11H,6-7,14H2,1H3. The van der Waals surface area contributed by atoms with Crippen molar-refractivity contribution in [3.05, 3.63) is 47.1 Å². The molecule has 2 N–H and O–H groups in total. The van der Waals surface area contributed by atoms with E-state index in [2.05, 4.69) is 28.3 Å². The van der Waals surface area contributed by atoms with Gasteiger partial charge >= 0.3 is 0 Å². The fraction of sp³-hybridized carbons (Fsp3) is 0.385. The number of hydrogen-bond donors (Lipinski definition) is 1. The summed E-state index contributed by atoms with van der Waals surface area (Å²) in [5.74, 6) is 1.87. The van der Waals surface area contributed by atoms with E-state index < -0.39 is 0 Å². The van der Waals surface area contributed by atoms with Crippen LogP contribution in [0.4, 0.5) is 0 Å². The lowest BCUT2D eigenvalue weighted by atomic mass is 9.77. The molecular weight excluding hydrogens is 214 g/mol. The molecule has 0 spiro atoms. The van der Waals surface area contributed by atoms with Crippen molar-refractivity contribution in [3.8, 4) is 0 Å². The predicted octanol–water partition coefficient (Wildman–Crippen LogP) is 1.82. The van der Waals surface area contributed by atoms with Crippen molar-refractivity contribution in [2.75, 3.05) is 6.54 Å². The lowest BCUT2D eigenvalue weighted by Crippen LogP contribution is -2.18. The van der Waals surface area contributed by atoms with E-state index in [-0.39, 0.29) is 11.8 Å². The molecular formula is C13H15N3O. The van der Waals surface area contributed by atoms with E-state index in [1.165, 1.54) is 11.1 Å². The van der Waals surface area contributed by atoms with Crippen molar-refractivity contribution in [3.63, 3.8) is 0 Å². The highest BCUT2D eigenvalue weighted by molar-refractivity contribution is 5.43. The number of nitrogens with zero attached hydrogens (tertiary/aromatic N) is 2. The fourth-order valence-corrected chi connectivity index (χ4v) is 2.17. The molecule has 0 bridgehead atoms. The molecule has 1 heterocycles. The van der Waals surface area contributed by atoms with Gasteiger partial charge in [-0.1, -0.05) is 36.3 Å². The molecule has 4 nitrogen and oxygen atoms in total. The Morgan fingerprint density at radius 2 is 2.29 bits per heavy atom. The number of rotatable bonds is 3. The normalized spacial score (nSPS) is 19.5. The first-order chi connectivity index (χ1) is 8.29. The van der Waals surface area contributed by atoms with Gasteiger partial charge in [0.1, 0.15) is 0 Å². The van der Waals surface area contributed by atoms with E-state index in [9.17, 15) is 0 Å². The van der Waals surface area contributed by atoms with Gasteiger partial charge in [-0.05, 0) is 17.5 Å². The highest BCUT2D eigenvalue weighted by atomic mass is 16.5. The Bertz CT molecular complexity index is 535. The van der Waals surface area contributed by atoms with Crippen LogP contribution in [0.25, 0.3) is 0 Å². The minimum atomic E-state index is 0.155. The van der Waals surface area contributed by atoms with Gasteiger partial charge in [0, 0.05) is 12.5 Å². The van der Waals surface area contributed by atoms with Crippen LogP contribution in [-0.2, 0) is 6.42 Å². The smallest absolute Gasteiger partial charge is 0.234 e. The molecule has 1 aliphatic carbocycles. The van der Waals surface area contributed by atoms with Crippen molar-refractivity contribution in [2.24, 2.45) is 5.73 Å². The van der Waals surface area contributed by atoms with E-state index in [0.717, 1.165) is 12.3 Å². The third-order valence-corrected chi connectivity index (χ3v) is 3.40. The van der Waals surface area contributed by atoms with Crippen LogP contribution in [0.1, 0.15) is 41.6 Å². The molecule has 0 aliphatic heterocycles. The molecule has 1 aromatic carbocycles. The minimum absolute atomic E-state index is 0.155. The zero-order valence-electron chi connectivity index (χ0n) is 9.76. The van der Waals surface area contributed by atoms with Crippen LogP contribution in [-0.4, -0.2) is 16.7 Å². The molecule has 88 valence electrons. The van der Waals surface area contributed by atoms with Crippen molar-refractivity contribution < 1.29 is 4.52 Å². The maximum Gasteiger partial charge on any atom is 0.234 e. The first-order valence-electron chi connectivity index (χ1n) is 5.91. The van der Waals surface area contributed by atoms with Gasteiger partial charge in [-0.15, -0.1) is 0 Å². The maximum atomic E-state index is 5.59.